The lowest BCUT2D eigenvalue weighted by Crippen LogP contribution is -2.42. The van der Waals surface area contributed by atoms with E-state index in [-0.39, 0.29) is 16.8 Å². The fourth-order valence-electron chi connectivity index (χ4n) is 2.07. The van der Waals surface area contributed by atoms with Crippen molar-refractivity contribution in [3.05, 3.63) is 24.0 Å². The van der Waals surface area contributed by atoms with Crippen molar-refractivity contribution in [3.63, 3.8) is 0 Å². The van der Waals surface area contributed by atoms with Crippen LogP contribution >= 0.6 is 0 Å². The molecule has 0 aliphatic rings. The molecule has 1 rings (SSSR count). The van der Waals surface area contributed by atoms with E-state index in [1.54, 1.807) is 6.07 Å². The number of halogens is 3. The Kier molecular flexibility index (Phi) is 9.11. The van der Waals surface area contributed by atoms with Crippen molar-refractivity contribution in [2.45, 2.75) is 83.1 Å². The zero-order chi connectivity index (χ0) is 23.4. The van der Waals surface area contributed by atoms with Crippen LogP contribution in [0, 0.1) is 0 Å². The van der Waals surface area contributed by atoms with Crippen molar-refractivity contribution < 1.29 is 26.5 Å². The second kappa shape index (κ2) is 10.1. The van der Waals surface area contributed by atoms with Gasteiger partial charge in [-0.15, -0.1) is 0 Å². The minimum atomic E-state index is -4.41. The number of nitrogens with zero attached hydrogens (tertiary/aromatic N) is 1. The van der Waals surface area contributed by atoms with Crippen molar-refractivity contribution in [2.75, 3.05) is 13.2 Å². The minimum absolute atomic E-state index is 0.0318. The second-order valence-corrected chi connectivity index (χ2v) is 16.6. The lowest BCUT2D eigenvalue weighted by atomic mass is 10.1. The summed E-state index contributed by atoms with van der Waals surface area (Å²) in [6.45, 7) is 15.5. The molecule has 2 atom stereocenters. The van der Waals surface area contributed by atoms with Crippen molar-refractivity contribution in [1.82, 2.24) is 9.71 Å². The van der Waals surface area contributed by atoms with Crippen LogP contribution in [-0.4, -0.2) is 41.6 Å². The summed E-state index contributed by atoms with van der Waals surface area (Å²) in [4.78, 5) is 4.25. The van der Waals surface area contributed by atoms with E-state index >= 15 is 0 Å². The quantitative estimate of drug-likeness (QED) is 0.484. The molecule has 1 N–H and O–H groups in total. The molecule has 0 bridgehead atoms. The van der Waals surface area contributed by atoms with Crippen LogP contribution in [-0.2, 0) is 15.4 Å². The maximum atomic E-state index is 12.6. The molecule has 0 aromatic carbocycles. The number of rotatable bonds is 9. The Bertz CT molecular complexity index is 699. The second-order valence-electron chi connectivity index (χ2n) is 9.77. The van der Waals surface area contributed by atoms with Gasteiger partial charge in [-0.1, -0.05) is 20.8 Å². The Morgan fingerprint density at radius 3 is 2.17 bits per heavy atom. The molecule has 0 fully saturated rings. The van der Waals surface area contributed by atoms with E-state index in [0.29, 0.717) is 18.7 Å². The van der Waals surface area contributed by atoms with Gasteiger partial charge in [0.25, 0.3) is 0 Å². The maximum absolute atomic E-state index is 12.6. The highest BCUT2D eigenvalue weighted by molar-refractivity contribution is 7.84. The summed E-state index contributed by atoms with van der Waals surface area (Å²) in [6.07, 6.45) is -2.62. The summed E-state index contributed by atoms with van der Waals surface area (Å²) in [5, 5.41) is 0.0693. The van der Waals surface area contributed by atoms with Gasteiger partial charge in [0.2, 0.25) is 0 Å². The molecule has 0 aliphatic carbocycles. The summed E-state index contributed by atoms with van der Waals surface area (Å²) in [6, 6.07) is 2.67. The van der Waals surface area contributed by atoms with Crippen LogP contribution in [0.2, 0.25) is 18.1 Å². The van der Waals surface area contributed by atoms with Gasteiger partial charge >= 0.3 is 6.18 Å². The molecular formula is C20H35F3N2O3SSi. The lowest BCUT2D eigenvalue weighted by Gasteiger charge is -2.36. The minimum Gasteiger partial charge on any atom is -0.483 e. The fraction of sp³-hybridized carbons (Fsp3) is 0.750. The molecule has 0 amide bonds. The Hall–Kier alpha value is -0.973. The average molecular weight is 469 g/mol. The van der Waals surface area contributed by atoms with Crippen molar-refractivity contribution >= 4 is 19.3 Å². The molecule has 0 unspecified atom stereocenters. The van der Waals surface area contributed by atoms with Gasteiger partial charge in [-0.25, -0.2) is 8.93 Å². The van der Waals surface area contributed by atoms with Crippen molar-refractivity contribution in [3.8, 4) is 5.75 Å². The first kappa shape index (κ1) is 27.1. The molecular weight excluding hydrogens is 433 g/mol. The van der Waals surface area contributed by atoms with Crippen LogP contribution in [0.15, 0.2) is 18.3 Å². The Balaban J connectivity index is 2.92. The topological polar surface area (TPSA) is 60.5 Å². The number of alkyl halides is 3. The molecule has 1 aromatic rings. The van der Waals surface area contributed by atoms with Crippen LogP contribution in [0.4, 0.5) is 13.2 Å². The SMILES string of the molecule is CC(C)(C)[S@](=O)N[C@H](CCO[Si](C)(C)C(C)(C)C)c1ccc(OCC(F)(F)F)cn1. The summed E-state index contributed by atoms with van der Waals surface area (Å²) in [7, 11) is -3.28. The highest BCUT2D eigenvalue weighted by Gasteiger charge is 2.37. The van der Waals surface area contributed by atoms with E-state index in [1.807, 2.05) is 20.8 Å². The predicted molar refractivity (Wildman–Crippen MR) is 117 cm³/mol. The van der Waals surface area contributed by atoms with Gasteiger partial charge in [0.15, 0.2) is 14.9 Å². The zero-order valence-corrected chi connectivity index (χ0v) is 21.0. The molecule has 1 heterocycles. The van der Waals surface area contributed by atoms with Crippen molar-refractivity contribution in [2.24, 2.45) is 0 Å². The molecule has 5 nitrogen and oxygen atoms in total. The standard InChI is InChI=1S/C20H35F3N2O3SSi/c1-18(2,3)29(26)25-17(11-12-28-30(7,8)19(4,5)6)16-10-9-15(13-24-16)27-14-20(21,22)23/h9-10,13,17,25H,11-12,14H2,1-8H3/t17-,29+/m1/s1. The molecule has 10 heteroatoms. The summed E-state index contributed by atoms with van der Waals surface area (Å²) in [5.74, 6) is 0.0318. The van der Waals surface area contributed by atoms with E-state index in [4.69, 9.17) is 9.16 Å². The van der Waals surface area contributed by atoms with Crippen LogP contribution < -0.4 is 9.46 Å². The Labute approximate surface area is 181 Å². The predicted octanol–water partition coefficient (Wildman–Crippen LogP) is 5.53. The normalized spacial score (nSPS) is 15.7. The summed E-state index contributed by atoms with van der Waals surface area (Å²) < 4.78 is 63.2. The molecule has 0 radical (unpaired) electrons. The van der Waals surface area contributed by atoms with E-state index < -0.39 is 36.8 Å². The number of hydrogen-bond acceptors (Lipinski definition) is 4. The van der Waals surface area contributed by atoms with Crippen LogP contribution in [0.25, 0.3) is 0 Å². The number of nitrogens with one attached hydrogen (secondary N) is 1. The number of ether oxygens (including phenoxy) is 1. The monoisotopic (exact) mass is 468 g/mol. The molecule has 1 aromatic heterocycles. The fourth-order valence-corrected chi connectivity index (χ4v) is 3.98. The molecule has 30 heavy (non-hydrogen) atoms. The van der Waals surface area contributed by atoms with Gasteiger partial charge in [0.1, 0.15) is 5.75 Å². The van der Waals surface area contributed by atoms with E-state index in [9.17, 15) is 17.4 Å². The van der Waals surface area contributed by atoms with Gasteiger partial charge in [0.05, 0.1) is 33.7 Å². The van der Waals surface area contributed by atoms with Crippen LogP contribution in [0.3, 0.4) is 0 Å². The molecule has 0 spiro atoms. The number of pyridine rings is 1. The zero-order valence-electron chi connectivity index (χ0n) is 19.1. The van der Waals surface area contributed by atoms with Gasteiger partial charge < -0.3 is 9.16 Å². The van der Waals surface area contributed by atoms with Crippen molar-refractivity contribution in [1.29, 1.82) is 0 Å². The van der Waals surface area contributed by atoms with Gasteiger partial charge in [0, 0.05) is 6.61 Å². The van der Waals surface area contributed by atoms with Gasteiger partial charge in [-0.05, 0) is 57.5 Å². The highest BCUT2D eigenvalue weighted by Crippen LogP contribution is 2.37. The van der Waals surface area contributed by atoms with E-state index in [2.05, 4.69) is 43.6 Å². The summed E-state index contributed by atoms with van der Waals surface area (Å²) in [5.41, 5.74) is 0.575. The summed E-state index contributed by atoms with van der Waals surface area (Å²) >= 11 is 0. The average Bonchev–Trinajstić information content (AvgIpc) is 2.57. The largest absolute Gasteiger partial charge is 0.483 e. The molecule has 0 saturated carbocycles. The third-order valence-electron chi connectivity index (χ3n) is 5.00. The first-order chi connectivity index (χ1) is 13.4. The molecule has 0 aliphatic heterocycles. The maximum Gasteiger partial charge on any atom is 0.422 e. The Morgan fingerprint density at radius 1 is 1.13 bits per heavy atom. The Morgan fingerprint density at radius 2 is 1.73 bits per heavy atom. The van der Waals surface area contributed by atoms with Gasteiger partial charge in [-0.3, -0.25) is 4.98 Å². The van der Waals surface area contributed by atoms with Crippen LogP contribution in [0.1, 0.15) is 59.7 Å². The number of aromatic nitrogens is 1. The lowest BCUT2D eigenvalue weighted by molar-refractivity contribution is -0.153. The third-order valence-corrected chi connectivity index (χ3v) is 11.1. The first-order valence-electron chi connectivity index (χ1n) is 9.90. The smallest absolute Gasteiger partial charge is 0.422 e. The van der Waals surface area contributed by atoms with E-state index in [0.717, 1.165) is 0 Å². The van der Waals surface area contributed by atoms with Gasteiger partial charge in [-0.2, -0.15) is 13.2 Å². The highest BCUT2D eigenvalue weighted by atomic mass is 32.2. The first-order valence-corrected chi connectivity index (χ1v) is 14.0. The third kappa shape index (κ3) is 9.03. The molecule has 174 valence electrons. The molecule has 0 saturated heterocycles. The number of hydrogen-bond donors (Lipinski definition) is 1. The van der Waals surface area contributed by atoms with Crippen LogP contribution in [0.5, 0.6) is 5.75 Å². The van der Waals surface area contributed by atoms with E-state index in [1.165, 1.54) is 12.3 Å².